The molecule has 17 heavy (non-hydrogen) atoms. The summed E-state index contributed by atoms with van der Waals surface area (Å²) >= 11 is 0. The van der Waals surface area contributed by atoms with Gasteiger partial charge in [-0.15, -0.1) is 0 Å². The van der Waals surface area contributed by atoms with E-state index < -0.39 is 6.10 Å². The molecule has 1 saturated heterocycles. The van der Waals surface area contributed by atoms with E-state index in [9.17, 15) is 5.11 Å². The van der Waals surface area contributed by atoms with Crippen molar-refractivity contribution >= 4 is 0 Å². The van der Waals surface area contributed by atoms with E-state index in [4.69, 9.17) is 5.11 Å². The van der Waals surface area contributed by atoms with E-state index >= 15 is 0 Å². The molecule has 0 aliphatic carbocycles. The van der Waals surface area contributed by atoms with Crippen LogP contribution in [-0.4, -0.2) is 45.9 Å². The first-order valence-electron chi connectivity index (χ1n) is 6.12. The fourth-order valence-electron chi connectivity index (χ4n) is 2.33. The Kier molecular flexibility index (Phi) is 4.10. The first-order valence-corrected chi connectivity index (χ1v) is 6.12. The van der Waals surface area contributed by atoms with Crippen LogP contribution in [-0.2, 0) is 6.54 Å². The fraction of sp³-hybridized carbons (Fsp3) is 0.615. The highest BCUT2D eigenvalue weighted by Crippen LogP contribution is 2.19. The van der Waals surface area contributed by atoms with Gasteiger partial charge in [0.2, 0.25) is 0 Å². The van der Waals surface area contributed by atoms with Crippen LogP contribution in [0.5, 0.6) is 0 Å². The van der Waals surface area contributed by atoms with Crippen LogP contribution in [0.2, 0.25) is 0 Å². The molecule has 1 aliphatic rings. The van der Waals surface area contributed by atoms with Crippen molar-refractivity contribution in [2.45, 2.75) is 26.0 Å². The lowest BCUT2D eigenvalue weighted by atomic mass is 9.94. The van der Waals surface area contributed by atoms with Crippen molar-refractivity contribution in [1.82, 2.24) is 9.88 Å². The third kappa shape index (κ3) is 3.03. The summed E-state index contributed by atoms with van der Waals surface area (Å²) in [7, 11) is 0. The number of hydrogen-bond donors (Lipinski definition) is 2. The van der Waals surface area contributed by atoms with Gasteiger partial charge in [-0.2, -0.15) is 0 Å². The number of likely N-dealkylation sites (tertiary alicyclic amines) is 1. The first kappa shape index (κ1) is 12.5. The van der Waals surface area contributed by atoms with E-state index in [1.807, 2.05) is 13.0 Å². The number of pyridine rings is 1. The maximum Gasteiger partial charge on any atom is 0.0717 e. The summed E-state index contributed by atoms with van der Waals surface area (Å²) in [6.07, 6.45) is 2.24. The number of hydrogen-bond acceptors (Lipinski definition) is 4. The average Bonchev–Trinajstić information content (AvgIpc) is 2.32. The number of aryl methyl sites for hydroxylation is 1. The number of nitrogens with zero attached hydrogens (tertiary/aromatic N) is 2. The van der Waals surface area contributed by atoms with Crippen molar-refractivity contribution in [3.05, 3.63) is 29.6 Å². The van der Waals surface area contributed by atoms with E-state index in [2.05, 4.69) is 16.0 Å². The summed E-state index contributed by atoms with van der Waals surface area (Å²) in [6.45, 7) is 4.48. The second kappa shape index (κ2) is 5.58. The van der Waals surface area contributed by atoms with Crippen LogP contribution < -0.4 is 0 Å². The number of piperidine rings is 1. The van der Waals surface area contributed by atoms with Gasteiger partial charge in [-0.25, -0.2) is 0 Å². The highest BCUT2D eigenvalue weighted by molar-refractivity contribution is 5.18. The molecule has 0 aromatic carbocycles. The second-order valence-corrected chi connectivity index (χ2v) is 4.78. The lowest BCUT2D eigenvalue weighted by molar-refractivity contribution is -0.00452. The summed E-state index contributed by atoms with van der Waals surface area (Å²) in [6, 6.07) is 4.02. The van der Waals surface area contributed by atoms with E-state index in [0.29, 0.717) is 6.54 Å². The minimum Gasteiger partial charge on any atom is -0.396 e. The van der Waals surface area contributed by atoms with Crippen LogP contribution in [0.3, 0.4) is 0 Å². The minimum atomic E-state index is -0.411. The lowest BCUT2D eigenvalue weighted by Crippen LogP contribution is -2.44. The van der Waals surface area contributed by atoms with Gasteiger partial charge in [-0.05, 0) is 31.5 Å². The molecule has 0 bridgehead atoms. The van der Waals surface area contributed by atoms with E-state index in [-0.39, 0.29) is 12.5 Å². The molecule has 0 radical (unpaired) electrons. The Balaban J connectivity index is 1.95. The van der Waals surface area contributed by atoms with Crippen molar-refractivity contribution in [2.75, 3.05) is 19.7 Å². The molecule has 2 atom stereocenters. The SMILES string of the molecule is Cc1ncccc1CN1CC[C@H](CO)[C@@H](O)C1. The van der Waals surface area contributed by atoms with E-state index in [0.717, 1.165) is 25.2 Å². The van der Waals surface area contributed by atoms with Crippen LogP contribution in [0.1, 0.15) is 17.7 Å². The topological polar surface area (TPSA) is 56.6 Å². The zero-order chi connectivity index (χ0) is 12.3. The van der Waals surface area contributed by atoms with Crippen LogP contribution in [0, 0.1) is 12.8 Å². The quantitative estimate of drug-likeness (QED) is 0.805. The fourth-order valence-corrected chi connectivity index (χ4v) is 2.33. The Morgan fingerprint density at radius 1 is 1.53 bits per heavy atom. The van der Waals surface area contributed by atoms with E-state index in [1.165, 1.54) is 5.56 Å². The zero-order valence-electron chi connectivity index (χ0n) is 10.2. The van der Waals surface area contributed by atoms with Gasteiger partial charge < -0.3 is 10.2 Å². The molecule has 94 valence electrons. The van der Waals surface area contributed by atoms with Gasteiger partial charge in [0.05, 0.1) is 6.10 Å². The standard InChI is InChI=1S/C13H20N2O2/c1-10-11(3-2-5-14-10)7-15-6-4-12(9-16)13(17)8-15/h2-3,5,12-13,16-17H,4,6-9H2,1H3/t12-,13+/m1/s1. The molecule has 0 saturated carbocycles. The molecule has 2 N–H and O–H groups in total. The number of aromatic nitrogens is 1. The monoisotopic (exact) mass is 236 g/mol. The molecular weight excluding hydrogens is 216 g/mol. The van der Waals surface area contributed by atoms with Crippen LogP contribution >= 0.6 is 0 Å². The molecular formula is C13H20N2O2. The molecule has 4 heteroatoms. The summed E-state index contributed by atoms with van der Waals surface area (Å²) in [5, 5.41) is 19.0. The van der Waals surface area contributed by atoms with Crippen molar-refractivity contribution < 1.29 is 10.2 Å². The Bertz CT molecular complexity index is 370. The van der Waals surface area contributed by atoms with Crippen molar-refractivity contribution in [2.24, 2.45) is 5.92 Å². The highest BCUT2D eigenvalue weighted by atomic mass is 16.3. The van der Waals surface area contributed by atoms with Crippen LogP contribution in [0.4, 0.5) is 0 Å². The molecule has 1 fully saturated rings. The van der Waals surface area contributed by atoms with Gasteiger partial charge in [-0.3, -0.25) is 9.88 Å². The molecule has 0 amide bonds. The largest absolute Gasteiger partial charge is 0.396 e. The van der Waals surface area contributed by atoms with Gasteiger partial charge in [-0.1, -0.05) is 6.07 Å². The molecule has 1 aromatic heterocycles. The normalized spacial score (nSPS) is 26.1. The number of aliphatic hydroxyl groups excluding tert-OH is 2. The van der Waals surface area contributed by atoms with E-state index in [1.54, 1.807) is 6.20 Å². The first-order chi connectivity index (χ1) is 8.20. The average molecular weight is 236 g/mol. The molecule has 0 unspecified atom stereocenters. The molecule has 4 nitrogen and oxygen atoms in total. The number of β-amino-alcohol motifs (C(OH)–C–C–N with tert-alkyl or cyclic N) is 1. The zero-order valence-corrected chi connectivity index (χ0v) is 10.2. The smallest absolute Gasteiger partial charge is 0.0717 e. The highest BCUT2D eigenvalue weighted by Gasteiger charge is 2.27. The Labute approximate surface area is 102 Å². The summed E-state index contributed by atoms with van der Waals surface area (Å²) in [5.74, 6) is 0.0428. The van der Waals surface area contributed by atoms with Gasteiger partial charge in [0, 0.05) is 37.5 Å². The Hall–Kier alpha value is -0.970. The predicted molar refractivity (Wildman–Crippen MR) is 65.5 cm³/mol. The molecule has 1 aliphatic heterocycles. The number of rotatable bonds is 3. The van der Waals surface area contributed by atoms with Crippen LogP contribution in [0.15, 0.2) is 18.3 Å². The lowest BCUT2D eigenvalue weighted by Gasteiger charge is -2.35. The summed E-state index contributed by atoms with van der Waals surface area (Å²) < 4.78 is 0. The minimum absolute atomic E-state index is 0.0428. The Morgan fingerprint density at radius 2 is 2.35 bits per heavy atom. The number of aliphatic hydroxyl groups is 2. The van der Waals surface area contributed by atoms with Gasteiger partial charge in [0.1, 0.15) is 0 Å². The van der Waals surface area contributed by atoms with Crippen LogP contribution in [0.25, 0.3) is 0 Å². The summed E-state index contributed by atoms with van der Waals surface area (Å²) in [4.78, 5) is 6.49. The molecule has 0 spiro atoms. The molecule has 1 aromatic rings. The van der Waals surface area contributed by atoms with Gasteiger partial charge in [0.25, 0.3) is 0 Å². The summed E-state index contributed by atoms with van der Waals surface area (Å²) in [5.41, 5.74) is 2.26. The van der Waals surface area contributed by atoms with Crippen molar-refractivity contribution in [3.8, 4) is 0 Å². The van der Waals surface area contributed by atoms with Gasteiger partial charge in [0.15, 0.2) is 0 Å². The molecule has 2 rings (SSSR count). The van der Waals surface area contributed by atoms with Crippen molar-refractivity contribution in [3.63, 3.8) is 0 Å². The third-order valence-electron chi connectivity index (χ3n) is 3.55. The predicted octanol–water partition coefficient (Wildman–Crippen LogP) is 0.565. The van der Waals surface area contributed by atoms with Crippen molar-refractivity contribution in [1.29, 1.82) is 0 Å². The van der Waals surface area contributed by atoms with Gasteiger partial charge >= 0.3 is 0 Å². The second-order valence-electron chi connectivity index (χ2n) is 4.78. The molecule has 2 heterocycles. The maximum absolute atomic E-state index is 9.87. The third-order valence-corrected chi connectivity index (χ3v) is 3.55. The maximum atomic E-state index is 9.87. The Morgan fingerprint density at radius 3 is 3.00 bits per heavy atom.